The Labute approximate surface area is 92.0 Å². The van der Waals surface area contributed by atoms with Gasteiger partial charge in [0, 0.05) is 21.4 Å². The molecule has 2 heterocycles. The van der Waals surface area contributed by atoms with Crippen LogP contribution in [0.3, 0.4) is 0 Å². The van der Waals surface area contributed by atoms with Gasteiger partial charge in [-0.1, -0.05) is 13.8 Å². The van der Waals surface area contributed by atoms with Crippen LogP contribution in [0, 0.1) is 0 Å². The number of H-pyrrole nitrogens is 1. The Balaban J connectivity index is 2.51. The first-order valence-corrected chi connectivity index (χ1v) is 7.11. The van der Waals surface area contributed by atoms with Crippen LogP contribution in [0.5, 0.6) is 0 Å². The summed E-state index contributed by atoms with van der Waals surface area (Å²) >= 11 is 3.46. The van der Waals surface area contributed by atoms with Gasteiger partial charge in [0.1, 0.15) is 0 Å². The molecule has 0 fully saturated rings. The third-order valence-electron chi connectivity index (χ3n) is 2.46. The Kier molecular flexibility index (Phi) is 2.27. The second-order valence-electron chi connectivity index (χ2n) is 4.00. The predicted octanol–water partition coefficient (Wildman–Crippen LogP) is 2.33. The van der Waals surface area contributed by atoms with Crippen LogP contribution in [0.15, 0.2) is 4.47 Å². The zero-order valence-corrected chi connectivity index (χ0v) is 10.5. The molecule has 1 aliphatic rings. The molecule has 0 spiro atoms. The van der Waals surface area contributed by atoms with Crippen LogP contribution >= 0.6 is 15.9 Å². The Morgan fingerprint density at radius 1 is 1.36 bits per heavy atom. The van der Waals surface area contributed by atoms with Crippen LogP contribution < -0.4 is 0 Å². The summed E-state index contributed by atoms with van der Waals surface area (Å²) in [7, 11) is -2.89. The SMILES string of the molecule is CC(C)c1[nH]c2c(c1Br)CS(=O)(=O)C2. The third kappa shape index (κ3) is 1.52. The van der Waals surface area contributed by atoms with Crippen LogP contribution in [-0.4, -0.2) is 13.4 Å². The summed E-state index contributed by atoms with van der Waals surface area (Å²) in [6.45, 7) is 4.17. The van der Waals surface area contributed by atoms with Gasteiger partial charge >= 0.3 is 0 Å². The van der Waals surface area contributed by atoms with Gasteiger partial charge in [0.05, 0.1) is 11.5 Å². The van der Waals surface area contributed by atoms with Gasteiger partial charge in [0.15, 0.2) is 9.84 Å². The Bertz CT molecular complexity index is 473. The van der Waals surface area contributed by atoms with Crippen LogP contribution in [0.25, 0.3) is 0 Å². The number of halogens is 1. The normalized spacial score (nSPS) is 18.9. The molecule has 5 heteroatoms. The first-order valence-electron chi connectivity index (χ1n) is 4.50. The van der Waals surface area contributed by atoms with E-state index >= 15 is 0 Å². The standard InChI is InChI=1S/C9H12BrNO2S/c1-5(2)9-8(10)6-3-14(12,13)4-7(6)11-9/h5,11H,3-4H2,1-2H3. The van der Waals surface area contributed by atoms with E-state index in [1.807, 2.05) is 0 Å². The molecular formula is C9H12BrNO2S. The number of rotatable bonds is 1. The highest BCUT2D eigenvalue weighted by Gasteiger charge is 2.30. The van der Waals surface area contributed by atoms with E-state index in [1.165, 1.54) is 0 Å². The number of sulfone groups is 1. The van der Waals surface area contributed by atoms with Crippen molar-refractivity contribution in [3.05, 3.63) is 21.4 Å². The van der Waals surface area contributed by atoms with Gasteiger partial charge in [0.25, 0.3) is 0 Å². The fourth-order valence-corrected chi connectivity index (χ4v) is 4.42. The average molecular weight is 278 g/mol. The van der Waals surface area contributed by atoms with Gasteiger partial charge < -0.3 is 4.98 Å². The van der Waals surface area contributed by atoms with Crippen molar-refractivity contribution < 1.29 is 8.42 Å². The Morgan fingerprint density at radius 3 is 2.50 bits per heavy atom. The first kappa shape index (κ1) is 10.2. The molecule has 0 unspecified atom stereocenters. The van der Waals surface area contributed by atoms with E-state index in [9.17, 15) is 8.42 Å². The number of hydrogen-bond acceptors (Lipinski definition) is 2. The molecule has 2 rings (SSSR count). The van der Waals surface area contributed by atoms with Gasteiger partial charge in [0.2, 0.25) is 0 Å². The fraction of sp³-hybridized carbons (Fsp3) is 0.556. The third-order valence-corrected chi connectivity index (χ3v) is 4.82. The van der Waals surface area contributed by atoms with Crippen molar-refractivity contribution in [3.8, 4) is 0 Å². The molecule has 3 nitrogen and oxygen atoms in total. The second-order valence-corrected chi connectivity index (χ2v) is 6.85. The van der Waals surface area contributed by atoms with Gasteiger partial charge in [-0.25, -0.2) is 8.42 Å². The van der Waals surface area contributed by atoms with Crippen molar-refractivity contribution >= 4 is 25.8 Å². The highest BCUT2D eigenvalue weighted by molar-refractivity contribution is 9.10. The molecule has 0 saturated carbocycles. The predicted molar refractivity (Wildman–Crippen MR) is 58.9 cm³/mol. The molecule has 0 saturated heterocycles. The number of hydrogen-bond donors (Lipinski definition) is 1. The van der Waals surface area contributed by atoms with Crippen LogP contribution in [0.4, 0.5) is 0 Å². The molecular weight excluding hydrogens is 266 g/mol. The molecule has 1 aliphatic heterocycles. The number of aromatic amines is 1. The van der Waals surface area contributed by atoms with Gasteiger partial charge in [-0.15, -0.1) is 0 Å². The molecule has 14 heavy (non-hydrogen) atoms. The molecule has 1 N–H and O–H groups in total. The molecule has 0 aliphatic carbocycles. The smallest absolute Gasteiger partial charge is 0.160 e. The zero-order chi connectivity index (χ0) is 10.5. The quantitative estimate of drug-likeness (QED) is 0.857. The van der Waals surface area contributed by atoms with Crippen LogP contribution in [-0.2, 0) is 21.3 Å². The van der Waals surface area contributed by atoms with Crippen molar-refractivity contribution in [1.82, 2.24) is 4.98 Å². The van der Waals surface area contributed by atoms with E-state index in [0.717, 1.165) is 21.4 Å². The van der Waals surface area contributed by atoms with Gasteiger partial charge in [-0.05, 0) is 21.8 Å². The molecule has 0 amide bonds. The summed E-state index contributed by atoms with van der Waals surface area (Å²) in [5.74, 6) is 0.720. The fourth-order valence-electron chi connectivity index (χ4n) is 1.75. The summed E-state index contributed by atoms with van der Waals surface area (Å²) in [5, 5.41) is 0. The highest BCUT2D eigenvalue weighted by atomic mass is 79.9. The maximum atomic E-state index is 11.3. The number of fused-ring (bicyclic) bond motifs is 1. The number of nitrogens with one attached hydrogen (secondary N) is 1. The maximum Gasteiger partial charge on any atom is 0.160 e. The monoisotopic (exact) mass is 277 g/mol. The Morgan fingerprint density at radius 2 is 2.00 bits per heavy atom. The van der Waals surface area contributed by atoms with E-state index in [-0.39, 0.29) is 11.5 Å². The van der Waals surface area contributed by atoms with Gasteiger partial charge in [-0.2, -0.15) is 0 Å². The van der Waals surface area contributed by atoms with Gasteiger partial charge in [-0.3, -0.25) is 0 Å². The summed E-state index contributed by atoms with van der Waals surface area (Å²) in [4.78, 5) is 3.19. The molecule has 0 atom stereocenters. The molecule has 0 radical (unpaired) electrons. The summed E-state index contributed by atoms with van der Waals surface area (Å²) in [6, 6.07) is 0. The lowest BCUT2D eigenvalue weighted by molar-refractivity contribution is 0.597. The Hall–Kier alpha value is -0.290. The van der Waals surface area contributed by atoms with E-state index in [0.29, 0.717) is 5.92 Å². The molecule has 0 bridgehead atoms. The van der Waals surface area contributed by atoms with E-state index in [1.54, 1.807) is 0 Å². The lowest BCUT2D eigenvalue weighted by Crippen LogP contribution is -1.99. The maximum absolute atomic E-state index is 11.3. The van der Waals surface area contributed by atoms with Crippen molar-refractivity contribution in [1.29, 1.82) is 0 Å². The zero-order valence-electron chi connectivity index (χ0n) is 8.09. The highest BCUT2D eigenvalue weighted by Crippen LogP contribution is 2.36. The minimum absolute atomic E-state index is 0.160. The van der Waals surface area contributed by atoms with E-state index in [2.05, 4.69) is 34.8 Å². The molecule has 0 aromatic carbocycles. The molecule has 1 aromatic rings. The van der Waals surface area contributed by atoms with E-state index < -0.39 is 9.84 Å². The van der Waals surface area contributed by atoms with Crippen molar-refractivity contribution in [3.63, 3.8) is 0 Å². The second kappa shape index (κ2) is 3.10. The summed E-state index contributed by atoms with van der Waals surface area (Å²) < 4.78 is 23.6. The van der Waals surface area contributed by atoms with Crippen molar-refractivity contribution in [2.45, 2.75) is 31.3 Å². The largest absolute Gasteiger partial charge is 0.360 e. The summed E-state index contributed by atoms with van der Waals surface area (Å²) in [5.41, 5.74) is 2.89. The molecule has 78 valence electrons. The number of aromatic nitrogens is 1. The van der Waals surface area contributed by atoms with Crippen molar-refractivity contribution in [2.24, 2.45) is 0 Å². The average Bonchev–Trinajstić information content (AvgIpc) is 2.46. The first-order chi connectivity index (χ1) is 6.41. The topological polar surface area (TPSA) is 49.9 Å². The minimum Gasteiger partial charge on any atom is -0.360 e. The van der Waals surface area contributed by atoms with E-state index in [4.69, 9.17) is 0 Å². The lowest BCUT2D eigenvalue weighted by atomic mass is 10.1. The van der Waals surface area contributed by atoms with Crippen molar-refractivity contribution in [2.75, 3.05) is 0 Å². The van der Waals surface area contributed by atoms with Crippen LogP contribution in [0.1, 0.15) is 36.7 Å². The molecule has 1 aromatic heterocycles. The lowest BCUT2D eigenvalue weighted by Gasteiger charge is -2.03. The van der Waals surface area contributed by atoms with Crippen LogP contribution in [0.2, 0.25) is 0 Å². The summed E-state index contributed by atoms with van der Waals surface area (Å²) in [6.07, 6.45) is 0. The minimum atomic E-state index is -2.89.